The smallest absolute Gasteiger partial charge is 0.150 e. The van der Waals surface area contributed by atoms with Crippen LogP contribution in [0.5, 0.6) is 5.75 Å². The van der Waals surface area contributed by atoms with Gasteiger partial charge in [0.25, 0.3) is 0 Å². The lowest BCUT2D eigenvalue weighted by Crippen LogP contribution is -1.96. The van der Waals surface area contributed by atoms with E-state index in [4.69, 9.17) is 4.74 Å². The Balaban J connectivity index is 2.95. The molecule has 1 aromatic rings. The highest BCUT2D eigenvalue weighted by Gasteiger charge is 2.07. The molecule has 0 aliphatic carbocycles. The average molecular weight is 332 g/mol. The van der Waals surface area contributed by atoms with Crippen LogP contribution < -0.4 is 4.74 Å². The van der Waals surface area contributed by atoms with Gasteiger partial charge < -0.3 is 4.74 Å². The van der Waals surface area contributed by atoms with E-state index in [-0.39, 0.29) is 0 Å². The summed E-state index contributed by atoms with van der Waals surface area (Å²) < 4.78 is 6.89. The number of hydrogen-bond donors (Lipinski definition) is 0. The molecule has 0 N–H and O–H groups in total. The fraction of sp³-hybridized carbons (Fsp3) is 0.182. The lowest BCUT2D eigenvalue weighted by Gasteiger charge is -2.08. The Labute approximate surface area is 105 Å². The van der Waals surface area contributed by atoms with Gasteiger partial charge in [-0.1, -0.05) is 5.92 Å². The van der Waals surface area contributed by atoms with E-state index in [1.165, 1.54) is 0 Å². The lowest BCUT2D eigenvalue weighted by atomic mass is 10.2. The third-order valence-corrected chi connectivity index (χ3v) is 2.80. The molecular weight excluding hydrogens is 324 g/mol. The van der Waals surface area contributed by atoms with Gasteiger partial charge in [0.15, 0.2) is 0 Å². The molecule has 0 atom stereocenters. The molecule has 0 unspecified atom stereocenters. The lowest BCUT2D eigenvalue weighted by molar-refractivity contribution is 0.112. The topological polar surface area (TPSA) is 26.3 Å². The van der Waals surface area contributed by atoms with E-state index >= 15 is 0 Å². The van der Waals surface area contributed by atoms with Crippen LogP contribution in [0.1, 0.15) is 17.3 Å². The van der Waals surface area contributed by atoms with Crippen LogP contribution in [-0.2, 0) is 0 Å². The predicted molar refractivity (Wildman–Crippen MR) is 66.2 cm³/mol. The van der Waals surface area contributed by atoms with Gasteiger partial charge in [-0.3, -0.25) is 4.79 Å². The fourth-order valence-electron chi connectivity index (χ4n) is 0.966. The van der Waals surface area contributed by atoms with E-state index < -0.39 is 0 Å². The van der Waals surface area contributed by atoms with Crippen LogP contribution in [0.15, 0.2) is 21.1 Å². The zero-order chi connectivity index (χ0) is 11.3. The van der Waals surface area contributed by atoms with E-state index in [0.717, 1.165) is 15.2 Å². The molecule has 0 aliphatic rings. The minimum Gasteiger partial charge on any atom is -0.479 e. The molecule has 0 saturated heterocycles. The number of halogens is 2. The second kappa shape index (κ2) is 5.94. The molecule has 0 saturated carbocycles. The van der Waals surface area contributed by atoms with Crippen molar-refractivity contribution < 1.29 is 9.53 Å². The molecule has 1 aromatic carbocycles. The quantitative estimate of drug-likeness (QED) is 0.626. The Kier molecular flexibility index (Phi) is 4.86. The minimum atomic E-state index is 0.328. The summed E-state index contributed by atoms with van der Waals surface area (Å²) in [6, 6.07) is 3.40. The zero-order valence-corrected chi connectivity index (χ0v) is 11.2. The van der Waals surface area contributed by atoms with Gasteiger partial charge in [-0.05, 0) is 50.9 Å². The molecule has 78 valence electrons. The molecule has 0 amide bonds. The van der Waals surface area contributed by atoms with Crippen LogP contribution in [-0.4, -0.2) is 12.9 Å². The highest BCUT2D eigenvalue weighted by atomic mass is 79.9. The monoisotopic (exact) mass is 330 g/mol. The second-order valence-corrected chi connectivity index (χ2v) is 4.36. The Morgan fingerprint density at radius 1 is 1.40 bits per heavy atom. The van der Waals surface area contributed by atoms with Gasteiger partial charge >= 0.3 is 0 Å². The summed E-state index contributed by atoms with van der Waals surface area (Å²) in [7, 11) is 0. The SMILES string of the molecule is CC#CCOc1c(Br)cc(C=O)cc1Br. The maximum Gasteiger partial charge on any atom is 0.150 e. The number of carbonyl (C=O) groups is 1. The number of aldehydes is 1. The molecule has 0 radical (unpaired) electrons. The number of ether oxygens (including phenoxy) is 1. The summed E-state index contributed by atoms with van der Waals surface area (Å²) >= 11 is 6.66. The van der Waals surface area contributed by atoms with Gasteiger partial charge in [0, 0.05) is 5.56 Å². The molecule has 0 heterocycles. The molecule has 2 nitrogen and oxygen atoms in total. The highest BCUT2D eigenvalue weighted by molar-refractivity contribution is 9.11. The number of carbonyl (C=O) groups excluding carboxylic acids is 1. The van der Waals surface area contributed by atoms with E-state index in [1.54, 1.807) is 19.1 Å². The molecule has 1 rings (SSSR count). The first-order valence-electron chi connectivity index (χ1n) is 4.15. The summed E-state index contributed by atoms with van der Waals surface area (Å²) in [5, 5.41) is 0. The summed E-state index contributed by atoms with van der Waals surface area (Å²) in [5.41, 5.74) is 0.586. The van der Waals surface area contributed by atoms with Crippen molar-refractivity contribution in [1.29, 1.82) is 0 Å². The van der Waals surface area contributed by atoms with Gasteiger partial charge in [-0.25, -0.2) is 0 Å². The maximum absolute atomic E-state index is 10.6. The molecule has 0 bridgehead atoms. The molecule has 0 aromatic heterocycles. The first kappa shape index (κ1) is 12.3. The van der Waals surface area contributed by atoms with Crippen molar-refractivity contribution >= 4 is 38.1 Å². The first-order valence-corrected chi connectivity index (χ1v) is 5.74. The van der Waals surface area contributed by atoms with Crippen molar-refractivity contribution in [3.63, 3.8) is 0 Å². The van der Waals surface area contributed by atoms with Crippen LogP contribution >= 0.6 is 31.9 Å². The van der Waals surface area contributed by atoms with Gasteiger partial charge in [0.05, 0.1) is 8.95 Å². The summed E-state index contributed by atoms with van der Waals surface area (Å²) in [4.78, 5) is 10.6. The predicted octanol–water partition coefficient (Wildman–Crippen LogP) is 3.43. The molecule has 4 heteroatoms. The largest absolute Gasteiger partial charge is 0.479 e. The Bertz CT molecular complexity index is 407. The van der Waals surface area contributed by atoms with Crippen LogP contribution in [0, 0.1) is 11.8 Å². The maximum atomic E-state index is 10.6. The Hall–Kier alpha value is -0.790. The Morgan fingerprint density at radius 3 is 2.47 bits per heavy atom. The molecule has 0 aliphatic heterocycles. The van der Waals surface area contributed by atoms with E-state index in [9.17, 15) is 4.79 Å². The average Bonchev–Trinajstić information content (AvgIpc) is 2.22. The third-order valence-electron chi connectivity index (χ3n) is 1.62. The summed E-state index contributed by atoms with van der Waals surface area (Å²) in [5.74, 6) is 6.19. The van der Waals surface area contributed by atoms with Crippen LogP contribution in [0.4, 0.5) is 0 Å². The van der Waals surface area contributed by atoms with Crippen molar-refractivity contribution in [2.75, 3.05) is 6.61 Å². The summed E-state index contributed by atoms with van der Waals surface area (Å²) in [6.07, 6.45) is 0.783. The van der Waals surface area contributed by atoms with Crippen molar-refractivity contribution in [3.05, 3.63) is 26.6 Å². The van der Waals surface area contributed by atoms with Crippen LogP contribution in [0.3, 0.4) is 0 Å². The van der Waals surface area contributed by atoms with Crippen molar-refractivity contribution in [3.8, 4) is 17.6 Å². The molecule has 0 spiro atoms. The van der Waals surface area contributed by atoms with Gasteiger partial charge in [0.1, 0.15) is 18.6 Å². The second-order valence-electron chi connectivity index (χ2n) is 2.65. The number of rotatable bonds is 3. The fourth-order valence-corrected chi connectivity index (χ4v) is 2.42. The standard InChI is InChI=1S/C11H8Br2O2/c1-2-3-4-15-11-9(12)5-8(7-14)6-10(11)13/h5-7H,4H2,1H3. The van der Waals surface area contributed by atoms with Gasteiger partial charge in [-0.15, -0.1) is 5.92 Å². The van der Waals surface area contributed by atoms with Crippen molar-refractivity contribution in [2.24, 2.45) is 0 Å². The van der Waals surface area contributed by atoms with Gasteiger partial charge in [0.2, 0.25) is 0 Å². The van der Waals surface area contributed by atoms with E-state index in [2.05, 4.69) is 43.7 Å². The Morgan fingerprint density at radius 2 is 2.00 bits per heavy atom. The zero-order valence-electron chi connectivity index (χ0n) is 8.01. The molecular formula is C11H8Br2O2. The molecule has 15 heavy (non-hydrogen) atoms. The molecule has 0 fully saturated rings. The number of hydrogen-bond acceptors (Lipinski definition) is 2. The van der Waals surface area contributed by atoms with Crippen LogP contribution in [0.2, 0.25) is 0 Å². The van der Waals surface area contributed by atoms with E-state index in [0.29, 0.717) is 17.9 Å². The minimum absolute atomic E-state index is 0.328. The van der Waals surface area contributed by atoms with Crippen molar-refractivity contribution in [2.45, 2.75) is 6.92 Å². The normalized spacial score (nSPS) is 9.00. The third kappa shape index (κ3) is 3.37. The van der Waals surface area contributed by atoms with E-state index in [1.807, 2.05) is 0 Å². The van der Waals surface area contributed by atoms with Gasteiger partial charge in [-0.2, -0.15) is 0 Å². The highest BCUT2D eigenvalue weighted by Crippen LogP contribution is 2.34. The van der Waals surface area contributed by atoms with Crippen LogP contribution in [0.25, 0.3) is 0 Å². The number of benzene rings is 1. The summed E-state index contributed by atoms with van der Waals surface area (Å²) in [6.45, 7) is 2.08. The van der Waals surface area contributed by atoms with Crippen molar-refractivity contribution in [1.82, 2.24) is 0 Å². The first-order chi connectivity index (χ1) is 7.19.